The molecule has 0 bridgehead atoms. The molecule has 8 heteroatoms. The number of aromatic carboxylic acids is 1. The molecule has 0 aliphatic heterocycles. The molecule has 1 aromatic rings. The number of carboxylic acid groups (broad SMARTS) is 1. The molecule has 1 rings (SSSR count). The van der Waals surface area contributed by atoms with E-state index in [4.69, 9.17) is 19.3 Å². The van der Waals surface area contributed by atoms with E-state index in [1.165, 1.54) is 10.9 Å². The zero-order valence-corrected chi connectivity index (χ0v) is 11.7. The molecule has 0 aromatic carbocycles. The third-order valence-corrected chi connectivity index (χ3v) is 2.31. The fourth-order valence-electron chi connectivity index (χ4n) is 1.35. The highest BCUT2D eigenvalue weighted by atomic mass is 16.5. The predicted octanol–water partition coefficient (Wildman–Crippen LogP) is 0.436. The number of hydrogen-bond donors (Lipinski definition) is 1. The first-order chi connectivity index (χ1) is 9.74. The molecule has 0 aliphatic carbocycles. The number of hydrogen-bond acceptors (Lipinski definition) is 6. The highest BCUT2D eigenvalue weighted by Crippen LogP contribution is 1.92. The Bertz CT molecular complexity index is 383. The lowest BCUT2D eigenvalue weighted by atomic mass is 10.5. The molecule has 0 saturated heterocycles. The number of ether oxygens (including phenoxy) is 3. The van der Waals surface area contributed by atoms with Gasteiger partial charge in [0.2, 0.25) is 0 Å². The van der Waals surface area contributed by atoms with Gasteiger partial charge in [-0.15, -0.1) is 5.10 Å². The van der Waals surface area contributed by atoms with Crippen LogP contribution < -0.4 is 0 Å². The quantitative estimate of drug-likeness (QED) is 0.557. The largest absolute Gasteiger partial charge is 0.476 e. The van der Waals surface area contributed by atoms with Crippen molar-refractivity contribution < 1.29 is 24.1 Å². The van der Waals surface area contributed by atoms with Crippen LogP contribution in [0.25, 0.3) is 0 Å². The maximum Gasteiger partial charge on any atom is 0.358 e. The van der Waals surface area contributed by atoms with Gasteiger partial charge in [-0.25, -0.2) is 9.48 Å². The van der Waals surface area contributed by atoms with Crippen LogP contribution in [0.4, 0.5) is 0 Å². The molecule has 0 fully saturated rings. The number of aromatic nitrogens is 3. The lowest BCUT2D eigenvalue weighted by Crippen LogP contribution is -2.12. The van der Waals surface area contributed by atoms with Gasteiger partial charge in [0, 0.05) is 6.61 Å². The maximum atomic E-state index is 10.6. The van der Waals surface area contributed by atoms with Crippen molar-refractivity contribution >= 4 is 5.97 Å². The van der Waals surface area contributed by atoms with Gasteiger partial charge < -0.3 is 19.3 Å². The van der Waals surface area contributed by atoms with Crippen molar-refractivity contribution in [2.75, 3.05) is 39.6 Å². The molecule has 20 heavy (non-hydrogen) atoms. The van der Waals surface area contributed by atoms with E-state index in [1.54, 1.807) is 0 Å². The minimum Gasteiger partial charge on any atom is -0.476 e. The molecular formula is C12H21N3O5. The second kappa shape index (κ2) is 10.3. The van der Waals surface area contributed by atoms with Crippen LogP contribution in [0.15, 0.2) is 6.20 Å². The molecular weight excluding hydrogens is 266 g/mol. The number of carbonyl (C=O) groups is 1. The van der Waals surface area contributed by atoms with Gasteiger partial charge in [-0.05, 0) is 6.42 Å². The molecule has 0 aliphatic rings. The fourth-order valence-corrected chi connectivity index (χ4v) is 1.35. The molecule has 0 unspecified atom stereocenters. The van der Waals surface area contributed by atoms with E-state index in [9.17, 15) is 4.79 Å². The topological polar surface area (TPSA) is 95.7 Å². The molecule has 114 valence electrons. The molecule has 0 spiro atoms. The van der Waals surface area contributed by atoms with Crippen LogP contribution in [0.3, 0.4) is 0 Å². The summed E-state index contributed by atoms with van der Waals surface area (Å²) in [5.74, 6) is -1.09. The molecule has 1 aromatic heterocycles. The second-order valence-corrected chi connectivity index (χ2v) is 4.01. The SMILES string of the molecule is CCCOCCOCCOCCn1cc(C(=O)O)nn1. The van der Waals surface area contributed by atoms with Gasteiger partial charge >= 0.3 is 5.97 Å². The van der Waals surface area contributed by atoms with Crippen LogP contribution in [-0.2, 0) is 20.8 Å². The Balaban J connectivity index is 1.93. The third kappa shape index (κ3) is 7.17. The molecule has 0 amide bonds. The van der Waals surface area contributed by atoms with Gasteiger partial charge in [0.1, 0.15) is 0 Å². The van der Waals surface area contributed by atoms with E-state index in [-0.39, 0.29) is 5.69 Å². The molecule has 1 heterocycles. The monoisotopic (exact) mass is 287 g/mol. The van der Waals surface area contributed by atoms with E-state index in [0.717, 1.165) is 13.0 Å². The van der Waals surface area contributed by atoms with Gasteiger partial charge in [-0.3, -0.25) is 0 Å². The third-order valence-electron chi connectivity index (χ3n) is 2.31. The van der Waals surface area contributed by atoms with Crippen molar-refractivity contribution in [2.45, 2.75) is 19.9 Å². The first-order valence-corrected chi connectivity index (χ1v) is 6.60. The van der Waals surface area contributed by atoms with E-state index < -0.39 is 5.97 Å². The lowest BCUT2D eigenvalue weighted by molar-refractivity contribution is 0.0128. The number of rotatable bonds is 12. The first-order valence-electron chi connectivity index (χ1n) is 6.60. The van der Waals surface area contributed by atoms with Crippen molar-refractivity contribution in [3.05, 3.63) is 11.9 Å². The van der Waals surface area contributed by atoms with Gasteiger partial charge in [-0.2, -0.15) is 0 Å². The minimum atomic E-state index is -1.09. The Morgan fingerprint density at radius 3 is 2.30 bits per heavy atom. The summed E-state index contributed by atoms with van der Waals surface area (Å²) < 4.78 is 17.3. The highest BCUT2D eigenvalue weighted by Gasteiger charge is 2.07. The van der Waals surface area contributed by atoms with E-state index in [1.807, 2.05) is 0 Å². The van der Waals surface area contributed by atoms with Crippen molar-refractivity contribution in [3.63, 3.8) is 0 Å². The van der Waals surface area contributed by atoms with Gasteiger partial charge in [0.05, 0.1) is 45.8 Å². The second-order valence-electron chi connectivity index (χ2n) is 4.01. The molecule has 8 nitrogen and oxygen atoms in total. The first kappa shape index (κ1) is 16.5. The van der Waals surface area contributed by atoms with Crippen molar-refractivity contribution in [3.8, 4) is 0 Å². The van der Waals surface area contributed by atoms with Crippen LogP contribution in [-0.4, -0.2) is 65.7 Å². The summed E-state index contributed by atoms with van der Waals surface area (Å²) in [7, 11) is 0. The molecule has 0 atom stereocenters. The van der Waals surface area contributed by atoms with Crippen molar-refractivity contribution in [1.82, 2.24) is 15.0 Å². The van der Waals surface area contributed by atoms with Crippen LogP contribution in [0, 0.1) is 0 Å². The van der Waals surface area contributed by atoms with E-state index in [2.05, 4.69) is 17.2 Å². The van der Waals surface area contributed by atoms with E-state index >= 15 is 0 Å². The summed E-state index contributed by atoms with van der Waals surface area (Å²) in [6.45, 7) is 5.86. The maximum absolute atomic E-state index is 10.6. The van der Waals surface area contributed by atoms with Gasteiger partial charge in [0.25, 0.3) is 0 Å². The Morgan fingerprint density at radius 2 is 1.75 bits per heavy atom. The van der Waals surface area contributed by atoms with Crippen molar-refractivity contribution in [2.24, 2.45) is 0 Å². The number of nitrogens with zero attached hydrogens (tertiary/aromatic N) is 3. The summed E-state index contributed by atoms with van der Waals surface area (Å²) in [6, 6.07) is 0. The Hall–Kier alpha value is -1.51. The summed E-state index contributed by atoms with van der Waals surface area (Å²) >= 11 is 0. The molecule has 0 radical (unpaired) electrons. The van der Waals surface area contributed by atoms with Crippen LogP contribution in [0.5, 0.6) is 0 Å². The summed E-state index contributed by atoms with van der Waals surface area (Å²) in [5.41, 5.74) is -0.0691. The van der Waals surface area contributed by atoms with Crippen LogP contribution in [0.2, 0.25) is 0 Å². The van der Waals surface area contributed by atoms with Crippen LogP contribution >= 0.6 is 0 Å². The summed E-state index contributed by atoms with van der Waals surface area (Å²) in [5, 5.41) is 15.8. The number of carboxylic acids is 1. The Morgan fingerprint density at radius 1 is 1.15 bits per heavy atom. The zero-order chi connectivity index (χ0) is 14.6. The average molecular weight is 287 g/mol. The highest BCUT2D eigenvalue weighted by molar-refractivity contribution is 5.84. The average Bonchev–Trinajstić information content (AvgIpc) is 2.90. The summed E-state index contributed by atoms with van der Waals surface area (Å²) in [4.78, 5) is 10.6. The summed E-state index contributed by atoms with van der Waals surface area (Å²) in [6.07, 6.45) is 2.38. The fraction of sp³-hybridized carbons (Fsp3) is 0.750. The van der Waals surface area contributed by atoms with Gasteiger partial charge in [-0.1, -0.05) is 12.1 Å². The normalized spacial score (nSPS) is 10.8. The van der Waals surface area contributed by atoms with Crippen molar-refractivity contribution in [1.29, 1.82) is 0 Å². The minimum absolute atomic E-state index is 0.0691. The van der Waals surface area contributed by atoms with Crippen LogP contribution in [0.1, 0.15) is 23.8 Å². The van der Waals surface area contributed by atoms with E-state index in [0.29, 0.717) is 39.6 Å². The Kier molecular flexibility index (Phi) is 8.52. The lowest BCUT2D eigenvalue weighted by Gasteiger charge is -2.06. The standard InChI is InChI=1S/C12H21N3O5/c1-2-4-18-6-8-20-9-7-19-5-3-15-10-11(12(16)17)13-14-15/h10H,2-9H2,1H3,(H,16,17). The smallest absolute Gasteiger partial charge is 0.358 e. The molecule has 0 saturated carbocycles. The van der Waals surface area contributed by atoms with Gasteiger partial charge in [0.15, 0.2) is 5.69 Å². The Labute approximate surface area is 117 Å². The predicted molar refractivity (Wildman–Crippen MR) is 69.7 cm³/mol. The molecule has 1 N–H and O–H groups in total. The zero-order valence-electron chi connectivity index (χ0n) is 11.7.